The average Bonchev–Trinajstić information content (AvgIpc) is 2.68. The van der Waals surface area contributed by atoms with E-state index in [4.69, 9.17) is 4.74 Å². The normalized spacial score (nSPS) is 21.6. The van der Waals surface area contributed by atoms with Crippen LogP contribution in [0.15, 0.2) is 17.2 Å². The minimum absolute atomic E-state index is 0.0319. The Bertz CT molecular complexity index is 853. The molecule has 3 rings (SSSR count). The summed E-state index contributed by atoms with van der Waals surface area (Å²) in [5.74, 6) is -0.340. The number of amides is 2. The number of rotatable bonds is 6. The molecule has 2 N–H and O–H groups in total. The molecule has 7 heteroatoms. The molecule has 2 amide bonds. The predicted molar refractivity (Wildman–Crippen MR) is 120 cm³/mol. The van der Waals surface area contributed by atoms with Crippen LogP contribution in [-0.4, -0.2) is 40.7 Å². The van der Waals surface area contributed by atoms with Gasteiger partial charge in [-0.3, -0.25) is 14.4 Å². The molecule has 1 aliphatic heterocycles. The molecule has 1 aromatic heterocycles. The number of pyridine rings is 1. The predicted octanol–water partition coefficient (Wildman–Crippen LogP) is 3.25. The van der Waals surface area contributed by atoms with Crippen molar-refractivity contribution in [2.45, 2.75) is 96.9 Å². The van der Waals surface area contributed by atoms with Crippen molar-refractivity contribution in [1.29, 1.82) is 0 Å². The zero-order valence-electron chi connectivity index (χ0n) is 19.3. The van der Waals surface area contributed by atoms with Crippen LogP contribution in [0.25, 0.3) is 0 Å². The number of hydrogen-bond acceptors (Lipinski definition) is 4. The molecular formula is C24H37N3O4. The van der Waals surface area contributed by atoms with E-state index in [1.807, 2.05) is 32.3 Å². The van der Waals surface area contributed by atoms with Crippen LogP contribution in [0.1, 0.15) is 93.4 Å². The fourth-order valence-corrected chi connectivity index (χ4v) is 4.69. The minimum Gasteiger partial charge on any atom is -0.375 e. The summed E-state index contributed by atoms with van der Waals surface area (Å²) in [4.78, 5) is 38.9. The number of ether oxygens (including phenoxy) is 1. The van der Waals surface area contributed by atoms with Crippen molar-refractivity contribution in [3.05, 3.63) is 33.7 Å². The van der Waals surface area contributed by atoms with Crippen molar-refractivity contribution in [2.24, 2.45) is 5.92 Å². The maximum Gasteiger partial charge on any atom is 0.256 e. The Morgan fingerprint density at radius 1 is 1.10 bits per heavy atom. The van der Waals surface area contributed by atoms with Gasteiger partial charge in [0, 0.05) is 37.6 Å². The van der Waals surface area contributed by atoms with Crippen LogP contribution in [0.3, 0.4) is 0 Å². The van der Waals surface area contributed by atoms with Crippen molar-refractivity contribution in [3.63, 3.8) is 0 Å². The fraction of sp³-hybridized carbons (Fsp3) is 0.708. The Morgan fingerprint density at radius 2 is 1.74 bits per heavy atom. The molecule has 7 nitrogen and oxygen atoms in total. The first-order valence-electron chi connectivity index (χ1n) is 11.6. The summed E-state index contributed by atoms with van der Waals surface area (Å²) in [6.45, 7) is 8.98. The standard InChI is InChI=1S/C24H37N3O4/c1-16(2)25-22(29)19-14-27(13-17-8-6-5-7-9-17)15-20(21(19)28)23(30)26-18-10-11-31-24(3,4)12-18/h14-18H,5-13H2,1-4H3,(H,25,29)(H,26,30)/t18-/m0/s1. The highest BCUT2D eigenvalue weighted by atomic mass is 16.5. The number of nitrogens with zero attached hydrogens (tertiary/aromatic N) is 1. The Hall–Kier alpha value is -2.15. The number of carbonyl (C=O) groups is 2. The van der Waals surface area contributed by atoms with E-state index < -0.39 is 17.2 Å². The van der Waals surface area contributed by atoms with Crippen LogP contribution in [0.2, 0.25) is 0 Å². The molecule has 1 aliphatic carbocycles. The molecule has 2 heterocycles. The van der Waals surface area contributed by atoms with E-state index in [1.54, 1.807) is 12.4 Å². The lowest BCUT2D eigenvalue weighted by atomic mass is 9.89. The number of aromatic nitrogens is 1. The van der Waals surface area contributed by atoms with E-state index in [9.17, 15) is 14.4 Å². The maximum absolute atomic E-state index is 13.1. The van der Waals surface area contributed by atoms with Gasteiger partial charge >= 0.3 is 0 Å². The van der Waals surface area contributed by atoms with Crippen LogP contribution < -0.4 is 16.1 Å². The highest BCUT2D eigenvalue weighted by Crippen LogP contribution is 2.26. The van der Waals surface area contributed by atoms with Gasteiger partial charge in [-0.1, -0.05) is 19.3 Å². The molecule has 1 saturated heterocycles. The van der Waals surface area contributed by atoms with E-state index in [2.05, 4.69) is 10.6 Å². The summed E-state index contributed by atoms with van der Waals surface area (Å²) in [5, 5.41) is 5.79. The van der Waals surface area contributed by atoms with Gasteiger partial charge in [-0.2, -0.15) is 0 Å². The Morgan fingerprint density at radius 3 is 2.35 bits per heavy atom. The second kappa shape index (κ2) is 9.98. The molecule has 1 aromatic rings. The van der Waals surface area contributed by atoms with Crippen molar-refractivity contribution in [2.75, 3.05) is 6.61 Å². The van der Waals surface area contributed by atoms with Gasteiger partial charge in [-0.25, -0.2) is 0 Å². The molecular weight excluding hydrogens is 394 g/mol. The molecule has 0 radical (unpaired) electrons. The van der Waals surface area contributed by atoms with E-state index in [1.165, 1.54) is 19.3 Å². The monoisotopic (exact) mass is 431 g/mol. The molecule has 0 aromatic carbocycles. The highest BCUT2D eigenvalue weighted by molar-refractivity contribution is 5.99. The molecule has 172 valence electrons. The van der Waals surface area contributed by atoms with Gasteiger partial charge in [-0.15, -0.1) is 0 Å². The summed E-state index contributed by atoms with van der Waals surface area (Å²) in [7, 11) is 0. The van der Waals surface area contributed by atoms with Gasteiger partial charge in [-0.05, 0) is 59.3 Å². The maximum atomic E-state index is 13.1. The first-order chi connectivity index (χ1) is 14.6. The van der Waals surface area contributed by atoms with E-state index in [0.29, 0.717) is 31.9 Å². The van der Waals surface area contributed by atoms with Gasteiger partial charge in [0.15, 0.2) is 0 Å². The molecule has 0 spiro atoms. The third-order valence-electron chi connectivity index (χ3n) is 6.21. The van der Waals surface area contributed by atoms with Gasteiger partial charge in [0.1, 0.15) is 11.1 Å². The topological polar surface area (TPSA) is 89.4 Å². The minimum atomic E-state index is -0.512. The van der Waals surface area contributed by atoms with Gasteiger partial charge < -0.3 is 19.9 Å². The Balaban J connectivity index is 1.87. The largest absolute Gasteiger partial charge is 0.375 e. The molecule has 1 saturated carbocycles. The van der Waals surface area contributed by atoms with Crippen molar-refractivity contribution < 1.29 is 14.3 Å². The van der Waals surface area contributed by atoms with Gasteiger partial charge in [0.05, 0.1) is 5.60 Å². The summed E-state index contributed by atoms with van der Waals surface area (Å²) >= 11 is 0. The smallest absolute Gasteiger partial charge is 0.256 e. The Kier molecular flexibility index (Phi) is 7.57. The van der Waals surface area contributed by atoms with Crippen molar-refractivity contribution >= 4 is 11.8 Å². The van der Waals surface area contributed by atoms with Crippen molar-refractivity contribution in [3.8, 4) is 0 Å². The van der Waals surface area contributed by atoms with Crippen LogP contribution in [0.4, 0.5) is 0 Å². The molecule has 0 unspecified atom stereocenters. The Labute approximate surface area is 184 Å². The van der Waals surface area contributed by atoms with Gasteiger partial charge in [0.25, 0.3) is 11.8 Å². The van der Waals surface area contributed by atoms with E-state index in [-0.39, 0.29) is 28.8 Å². The highest BCUT2D eigenvalue weighted by Gasteiger charge is 2.31. The van der Waals surface area contributed by atoms with Crippen LogP contribution >= 0.6 is 0 Å². The van der Waals surface area contributed by atoms with E-state index >= 15 is 0 Å². The third-order valence-corrected chi connectivity index (χ3v) is 6.21. The molecule has 2 fully saturated rings. The molecule has 2 aliphatic rings. The number of nitrogens with one attached hydrogen (secondary N) is 2. The lowest BCUT2D eigenvalue weighted by Crippen LogP contribution is -2.47. The summed E-state index contributed by atoms with van der Waals surface area (Å²) < 4.78 is 7.60. The number of carbonyl (C=O) groups excluding carboxylic acids is 2. The first kappa shape index (κ1) is 23.5. The van der Waals surface area contributed by atoms with Gasteiger partial charge in [0.2, 0.25) is 5.43 Å². The molecule has 31 heavy (non-hydrogen) atoms. The fourth-order valence-electron chi connectivity index (χ4n) is 4.69. The SMILES string of the molecule is CC(C)NC(=O)c1cn(CC2CCCCC2)cc(C(=O)N[C@H]2CCOC(C)(C)C2)c1=O. The summed E-state index contributed by atoms with van der Waals surface area (Å²) in [6.07, 6.45) is 10.6. The van der Waals surface area contributed by atoms with E-state index in [0.717, 1.165) is 12.8 Å². The lowest BCUT2D eigenvalue weighted by Gasteiger charge is -2.35. The second-order valence-electron chi connectivity index (χ2n) is 10.0. The lowest BCUT2D eigenvalue weighted by molar-refractivity contribution is -0.0615. The molecule has 1 atom stereocenters. The summed E-state index contributed by atoms with van der Waals surface area (Å²) in [5.41, 5.74) is -0.751. The molecule has 0 bridgehead atoms. The number of hydrogen-bond donors (Lipinski definition) is 2. The first-order valence-corrected chi connectivity index (χ1v) is 11.6. The average molecular weight is 432 g/mol. The van der Waals surface area contributed by atoms with Crippen LogP contribution in [0.5, 0.6) is 0 Å². The van der Waals surface area contributed by atoms with Crippen LogP contribution in [0, 0.1) is 5.92 Å². The quantitative estimate of drug-likeness (QED) is 0.724. The zero-order chi connectivity index (χ0) is 22.6. The second-order valence-corrected chi connectivity index (χ2v) is 10.0. The summed E-state index contributed by atoms with van der Waals surface area (Å²) in [6, 6.07) is -0.156. The van der Waals surface area contributed by atoms with Crippen molar-refractivity contribution in [1.82, 2.24) is 15.2 Å². The third kappa shape index (κ3) is 6.42. The zero-order valence-corrected chi connectivity index (χ0v) is 19.3. The van der Waals surface area contributed by atoms with Crippen LogP contribution in [-0.2, 0) is 11.3 Å².